The Morgan fingerprint density at radius 3 is 2.47 bits per heavy atom. The van der Waals surface area contributed by atoms with Crippen LogP contribution in [0.4, 0.5) is 0 Å². The third-order valence-electron chi connectivity index (χ3n) is 4.40. The molecule has 2 N–H and O–H groups in total. The standard InChI is InChI=1S/C21H22N6O2S/c1-13-4-6-16(7-5-13)20-23-18(26-29-20)12-30-21-25-24-19(27(21)22)11-28-17-9-14(2)8-15(3)10-17/h4-10H,11-12,22H2,1-3H3. The van der Waals surface area contributed by atoms with Gasteiger partial charge in [-0.1, -0.05) is 40.7 Å². The fourth-order valence-corrected chi connectivity index (χ4v) is 3.64. The predicted octanol–water partition coefficient (Wildman–Crippen LogP) is 3.84. The summed E-state index contributed by atoms with van der Waals surface area (Å²) in [6.45, 7) is 6.32. The number of benzene rings is 2. The summed E-state index contributed by atoms with van der Waals surface area (Å²) in [5.41, 5.74) is 4.34. The number of nitrogens with two attached hydrogens (primary N) is 1. The lowest BCUT2D eigenvalue weighted by Gasteiger charge is -2.08. The molecule has 2 aromatic heterocycles. The number of aryl methyl sites for hydroxylation is 3. The molecule has 4 rings (SSSR count). The second kappa shape index (κ2) is 8.58. The molecule has 0 amide bonds. The van der Waals surface area contributed by atoms with Crippen molar-refractivity contribution in [1.82, 2.24) is 25.0 Å². The van der Waals surface area contributed by atoms with Crippen LogP contribution in [0.15, 0.2) is 52.1 Å². The van der Waals surface area contributed by atoms with Crippen molar-refractivity contribution < 1.29 is 9.26 Å². The van der Waals surface area contributed by atoms with Crippen molar-refractivity contribution in [3.63, 3.8) is 0 Å². The van der Waals surface area contributed by atoms with E-state index in [1.54, 1.807) is 0 Å². The molecule has 154 valence electrons. The van der Waals surface area contributed by atoms with Crippen LogP contribution in [-0.2, 0) is 12.4 Å². The van der Waals surface area contributed by atoms with Crippen molar-refractivity contribution in [3.8, 4) is 17.2 Å². The highest BCUT2D eigenvalue weighted by molar-refractivity contribution is 7.98. The van der Waals surface area contributed by atoms with Gasteiger partial charge in [0, 0.05) is 5.56 Å². The van der Waals surface area contributed by atoms with E-state index in [9.17, 15) is 0 Å². The van der Waals surface area contributed by atoms with Gasteiger partial charge in [0.25, 0.3) is 5.89 Å². The van der Waals surface area contributed by atoms with E-state index in [1.807, 2.05) is 57.2 Å². The van der Waals surface area contributed by atoms with Crippen LogP contribution in [0.5, 0.6) is 5.75 Å². The SMILES string of the molecule is Cc1ccc(-c2nc(CSc3nnc(COc4cc(C)cc(C)c4)n3N)no2)cc1. The molecule has 9 heteroatoms. The summed E-state index contributed by atoms with van der Waals surface area (Å²) >= 11 is 1.38. The first-order chi connectivity index (χ1) is 14.5. The summed E-state index contributed by atoms with van der Waals surface area (Å²) in [6.07, 6.45) is 0. The molecule has 0 saturated carbocycles. The van der Waals surface area contributed by atoms with E-state index in [1.165, 1.54) is 22.0 Å². The Bertz CT molecular complexity index is 1130. The van der Waals surface area contributed by atoms with Crippen LogP contribution in [0, 0.1) is 20.8 Å². The fraction of sp³-hybridized carbons (Fsp3) is 0.238. The maximum absolute atomic E-state index is 6.13. The maximum Gasteiger partial charge on any atom is 0.257 e. The van der Waals surface area contributed by atoms with E-state index in [-0.39, 0.29) is 6.61 Å². The Labute approximate surface area is 178 Å². The molecule has 2 heterocycles. The van der Waals surface area contributed by atoms with Gasteiger partial charge in [0.15, 0.2) is 11.6 Å². The lowest BCUT2D eigenvalue weighted by atomic mass is 10.1. The number of hydrogen-bond donors (Lipinski definition) is 1. The fourth-order valence-electron chi connectivity index (χ4n) is 2.92. The highest BCUT2D eigenvalue weighted by Gasteiger charge is 2.14. The molecule has 4 aromatic rings. The Balaban J connectivity index is 1.37. The van der Waals surface area contributed by atoms with Gasteiger partial charge in [0.1, 0.15) is 12.4 Å². The van der Waals surface area contributed by atoms with Gasteiger partial charge >= 0.3 is 0 Å². The number of hydrogen-bond acceptors (Lipinski definition) is 8. The van der Waals surface area contributed by atoms with Crippen LogP contribution in [0.1, 0.15) is 28.3 Å². The molecule has 0 saturated heterocycles. The van der Waals surface area contributed by atoms with Crippen molar-refractivity contribution in [2.75, 3.05) is 5.84 Å². The summed E-state index contributed by atoms with van der Waals surface area (Å²) in [5.74, 6) is 8.95. The normalized spacial score (nSPS) is 11.0. The molecule has 0 aliphatic heterocycles. The van der Waals surface area contributed by atoms with Crippen LogP contribution in [-0.4, -0.2) is 25.0 Å². The Kier molecular flexibility index (Phi) is 5.71. The van der Waals surface area contributed by atoms with Crippen molar-refractivity contribution in [3.05, 3.63) is 70.8 Å². The molecule has 8 nitrogen and oxygen atoms in total. The minimum absolute atomic E-state index is 0.229. The van der Waals surface area contributed by atoms with E-state index in [4.69, 9.17) is 15.1 Å². The quantitative estimate of drug-likeness (QED) is 0.354. The minimum Gasteiger partial charge on any atom is -0.486 e. The zero-order valence-corrected chi connectivity index (χ0v) is 17.8. The summed E-state index contributed by atoms with van der Waals surface area (Å²) in [7, 11) is 0. The molecule has 2 aromatic carbocycles. The smallest absolute Gasteiger partial charge is 0.257 e. The lowest BCUT2D eigenvalue weighted by molar-refractivity contribution is 0.291. The number of ether oxygens (including phenoxy) is 1. The third kappa shape index (κ3) is 4.62. The topological polar surface area (TPSA) is 105 Å². The van der Waals surface area contributed by atoms with Crippen molar-refractivity contribution in [2.24, 2.45) is 0 Å². The Hall–Kier alpha value is -3.33. The molecule has 0 aliphatic rings. The van der Waals surface area contributed by atoms with Crippen LogP contribution in [0.2, 0.25) is 0 Å². The van der Waals surface area contributed by atoms with Gasteiger partial charge in [-0.25, -0.2) is 4.68 Å². The van der Waals surface area contributed by atoms with Crippen LogP contribution in [0.25, 0.3) is 11.5 Å². The first-order valence-corrected chi connectivity index (χ1v) is 10.4. The molecule has 0 spiro atoms. The highest BCUT2D eigenvalue weighted by atomic mass is 32.2. The van der Waals surface area contributed by atoms with E-state index in [2.05, 4.69) is 26.4 Å². The number of thioether (sulfide) groups is 1. The van der Waals surface area contributed by atoms with Crippen molar-refractivity contribution in [1.29, 1.82) is 0 Å². The molecule has 30 heavy (non-hydrogen) atoms. The summed E-state index contributed by atoms with van der Waals surface area (Å²) in [5, 5.41) is 12.8. The van der Waals surface area contributed by atoms with E-state index >= 15 is 0 Å². The van der Waals surface area contributed by atoms with Gasteiger partial charge in [-0.2, -0.15) is 4.98 Å². The Morgan fingerprint density at radius 2 is 1.73 bits per heavy atom. The van der Waals surface area contributed by atoms with Gasteiger partial charge in [0.2, 0.25) is 5.16 Å². The second-order valence-corrected chi connectivity index (χ2v) is 7.99. The number of nitrogen functional groups attached to an aromatic ring is 1. The van der Waals surface area contributed by atoms with Gasteiger partial charge in [0.05, 0.1) is 5.75 Å². The van der Waals surface area contributed by atoms with Crippen LogP contribution < -0.4 is 10.6 Å². The summed E-state index contributed by atoms with van der Waals surface area (Å²) in [4.78, 5) is 4.43. The Morgan fingerprint density at radius 1 is 1.00 bits per heavy atom. The average molecular weight is 423 g/mol. The number of nitrogens with zero attached hydrogens (tertiary/aromatic N) is 5. The van der Waals surface area contributed by atoms with Crippen LogP contribution in [0.3, 0.4) is 0 Å². The molecule has 0 unspecified atom stereocenters. The van der Waals surface area contributed by atoms with Gasteiger partial charge in [-0.05, 0) is 56.2 Å². The molecule has 0 radical (unpaired) electrons. The summed E-state index contributed by atoms with van der Waals surface area (Å²) < 4.78 is 12.6. The molecule has 0 bridgehead atoms. The molecule has 0 atom stereocenters. The first-order valence-electron chi connectivity index (χ1n) is 9.41. The van der Waals surface area contributed by atoms with E-state index in [0.717, 1.165) is 22.4 Å². The average Bonchev–Trinajstić information content (AvgIpc) is 3.31. The highest BCUT2D eigenvalue weighted by Crippen LogP contribution is 2.23. The van der Waals surface area contributed by atoms with Gasteiger partial charge in [-0.3, -0.25) is 0 Å². The van der Waals surface area contributed by atoms with Gasteiger partial charge in [-0.15, -0.1) is 10.2 Å². The largest absolute Gasteiger partial charge is 0.486 e. The zero-order chi connectivity index (χ0) is 21.1. The van der Waals surface area contributed by atoms with Crippen molar-refractivity contribution in [2.45, 2.75) is 38.3 Å². The zero-order valence-electron chi connectivity index (χ0n) is 17.0. The number of rotatable bonds is 7. The first kappa shape index (κ1) is 20.0. The molecular weight excluding hydrogens is 400 g/mol. The minimum atomic E-state index is 0.229. The third-order valence-corrected chi connectivity index (χ3v) is 5.33. The monoisotopic (exact) mass is 422 g/mol. The van der Waals surface area contributed by atoms with Crippen LogP contribution >= 0.6 is 11.8 Å². The molecule has 0 fully saturated rings. The van der Waals surface area contributed by atoms with E-state index in [0.29, 0.717) is 28.4 Å². The summed E-state index contributed by atoms with van der Waals surface area (Å²) in [6, 6.07) is 14.0. The lowest BCUT2D eigenvalue weighted by Crippen LogP contribution is -2.15. The molecule has 0 aliphatic carbocycles. The predicted molar refractivity (Wildman–Crippen MR) is 114 cm³/mol. The molecular formula is C21H22N6O2S. The van der Waals surface area contributed by atoms with Gasteiger partial charge < -0.3 is 15.1 Å². The van der Waals surface area contributed by atoms with Crippen molar-refractivity contribution >= 4 is 11.8 Å². The maximum atomic E-state index is 6.13. The van der Waals surface area contributed by atoms with E-state index < -0.39 is 0 Å². The number of aromatic nitrogens is 5. The second-order valence-electron chi connectivity index (χ2n) is 7.05.